The monoisotopic (exact) mass is 342 g/mol. The van der Waals surface area contributed by atoms with E-state index in [1.165, 1.54) is 0 Å². The molecule has 0 unspecified atom stereocenters. The maximum Gasteiger partial charge on any atom is 0.304 e. The number of epoxide rings is 1. The van der Waals surface area contributed by atoms with E-state index in [0.29, 0.717) is 25.0 Å². The van der Waals surface area contributed by atoms with Gasteiger partial charge in [-0.25, -0.2) is 0 Å². The van der Waals surface area contributed by atoms with E-state index in [1.807, 2.05) is 6.08 Å². The number of hydrogen-bond acceptors (Lipinski definition) is 2. The fourth-order valence-electron chi connectivity index (χ4n) is 2.24. The molecular formula is C22H30O3. The molecule has 1 heterocycles. The van der Waals surface area contributed by atoms with Gasteiger partial charge in [0.1, 0.15) is 0 Å². The molecule has 2 atom stereocenters. The lowest BCUT2D eigenvalue weighted by molar-refractivity contribution is -0.136. The van der Waals surface area contributed by atoms with Gasteiger partial charge in [0.05, 0.1) is 18.6 Å². The largest absolute Gasteiger partial charge is 0.481 e. The van der Waals surface area contributed by atoms with Gasteiger partial charge in [0.25, 0.3) is 0 Å². The van der Waals surface area contributed by atoms with E-state index in [0.717, 1.165) is 32.1 Å². The Morgan fingerprint density at radius 2 is 1.52 bits per heavy atom. The van der Waals surface area contributed by atoms with Gasteiger partial charge in [-0.05, 0) is 32.1 Å². The number of hydrogen-bond donors (Lipinski definition) is 1. The molecule has 136 valence electrons. The molecule has 0 aliphatic carbocycles. The van der Waals surface area contributed by atoms with Crippen molar-refractivity contribution < 1.29 is 14.6 Å². The molecule has 1 N–H and O–H groups in total. The summed E-state index contributed by atoms with van der Waals surface area (Å²) in [6.45, 7) is 2.15. The summed E-state index contributed by atoms with van der Waals surface area (Å²) in [4.78, 5) is 10.3. The van der Waals surface area contributed by atoms with Crippen molar-refractivity contribution in [1.82, 2.24) is 0 Å². The Balaban J connectivity index is 1.95. The van der Waals surface area contributed by atoms with E-state index in [9.17, 15) is 4.79 Å². The van der Waals surface area contributed by atoms with Gasteiger partial charge in [0.15, 0.2) is 0 Å². The summed E-state index contributed by atoms with van der Waals surface area (Å²) in [6.07, 6.45) is 24.3. The van der Waals surface area contributed by atoms with Crippen LogP contribution in [-0.4, -0.2) is 23.3 Å². The number of aliphatic carboxylic acids is 1. The van der Waals surface area contributed by atoms with Crippen molar-refractivity contribution in [3.8, 4) is 11.8 Å². The van der Waals surface area contributed by atoms with Gasteiger partial charge in [-0.3, -0.25) is 4.79 Å². The maximum absolute atomic E-state index is 10.3. The minimum absolute atomic E-state index is 0.121. The van der Waals surface area contributed by atoms with Crippen LogP contribution < -0.4 is 0 Å². The molecule has 25 heavy (non-hydrogen) atoms. The highest BCUT2D eigenvalue weighted by Gasteiger charge is 2.35. The number of rotatable bonds is 12. The second kappa shape index (κ2) is 14.3. The number of ether oxygens (including phenoxy) is 1. The number of carbonyl (C=O) groups is 1. The van der Waals surface area contributed by atoms with Crippen LogP contribution in [0.25, 0.3) is 0 Å². The quantitative estimate of drug-likeness (QED) is 0.301. The Morgan fingerprint density at radius 3 is 2.16 bits per heavy atom. The molecular weight excluding hydrogens is 312 g/mol. The van der Waals surface area contributed by atoms with Gasteiger partial charge < -0.3 is 9.84 Å². The minimum atomic E-state index is -0.794. The molecule has 0 aromatic rings. The Hall–Kier alpha value is -2.05. The maximum atomic E-state index is 10.3. The van der Waals surface area contributed by atoms with E-state index in [4.69, 9.17) is 9.84 Å². The molecule has 1 aliphatic heterocycles. The van der Waals surface area contributed by atoms with E-state index in [-0.39, 0.29) is 6.42 Å². The first-order chi connectivity index (χ1) is 12.2. The second-order valence-electron chi connectivity index (χ2n) is 5.90. The zero-order valence-corrected chi connectivity index (χ0v) is 15.2. The lowest BCUT2D eigenvalue weighted by atomic mass is 10.1. The van der Waals surface area contributed by atoms with Crippen molar-refractivity contribution in [2.45, 2.75) is 70.5 Å². The van der Waals surface area contributed by atoms with Crippen LogP contribution >= 0.6 is 0 Å². The fourth-order valence-corrected chi connectivity index (χ4v) is 2.24. The normalized spacial score (nSPS) is 19.9. The summed E-state index contributed by atoms with van der Waals surface area (Å²) in [6, 6.07) is 0. The zero-order valence-electron chi connectivity index (χ0n) is 15.2. The average Bonchev–Trinajstić information content (AvgIpc) is 3.33. The predicted octanol–water partition coefficient (Wildman–Crippen LogP) is 5.21. The first-order valence-electron chi connectivity index (χ1n) is 9.17. The Morgan fingerprint density at radius 1 is 0.920 bits per heavy atom. The van der Waals surface area contributed by atoms with E-state index >= 15 is 0 Å². The van der Waals surface area contributed by atoms with Crippen molar-refractivity contribution in [2.75, 3.05) is 0 Å². The molecule has 0 spiro atoms. The Bertz CT molecular complexity index is 543. The van der Waals surface area contributed by atoms with Gasteiger partial charge in [-0.1, -0.05) is 61.5 Å². The van der Waals surface area contributed by atoms with Crippen LogP contribution in [0.3, 0.4) is 0 Å². The second-order valence-corrected chi connectivity index (χ2v) is 5.90. The SMILES string of the molecule is CCC=CC[C@@H]1O[C@@H]1CC=CCC=CCC=CCC#CCCC(=O)O. The Kier molecular flexibility index (Phi) is 12.0. The van der Waals surface area contributed by atoms with Crippen molar-refractivity contribution >= 4 is 5.97 Å². The third-order valence-electron chi connectivity index (χ3n) is 3.68. The molecule has 0 saturated carbocycles. The number of carboxylic acids is 1. The van der Waals surface area contributed by atoms with Crippen molar-refractivity contribution in [3.63, 3.8) is 0 Å². The molecule has 0 aromatic heterocycles. The van der Waals surface area contributed by atoms with Crippen LogP contribution in [0.5, 0.6) is 0 Å². The van der Waals surface area contributed by atoms with Crippen LogP contribution in [-0.2, 0) is 9.53 Å². The number of carboxylic acid groups (broad SMARTS) is 1. The third-order valence-corrected chi connectivity index (χ3v) is 3.68. The average molecular weight is 342 g/mol. The molecule has 1 rings (SSSR count). The van der Waals surface area contributed by atoms with Gasteiger partial charge in [-0.15, -0.1) is 5.92 Å². The van der Waals surface area contributed by atoms with Crippen molar-refractivity contribution in [2.24, 2.45) is 0 Å². The molecule has 0 radical (unpaired) electrons. The van der Waals surface area contributed by atoms with Crippen LogP contribution in [0.1, 0.15) is 58.3 Å². The lowest BCUT2D eigenvalue weighted by Gasteiger charge is -1.87. The van der Waals surface area contributed by atoms with E-state index < -0.39 is 5.97 Å². The summed E-state index contributed by atoms with van der Waals surface area (Å²) in [5.41, 5.74) is 0. The number of allylic oxidation sites excluding steroid dienone is 6. The lowest BCUT2D eigenvalue weighted by Crippen LogP contribution is -1.91. The summed E-state index contributed by atoms with van der Waals surface area (Å²) in [5, 5.41) is 8.47. The molecule has 3 heteroatoms. The fraction of sp³-hybridized carbons (Fsp3) is 0.500. The van der Waals surface area contributed by atoms with Gasteiger partial charge in [0, 0.05) is 12.8 Å². The first-order valence-corrected chi connectivity index (χ1v) is 9.17. The standard InChI is InChI=1S/C22H30O3/c1-2-3-14-17-20-21(25-20)18-15-12-10-8-6-4-5-7-9-11-13-16-19-22(23)24/h3,5-8,12,14-15,20-21H,2,4,9-10,16-19H2,1H3,(H,23,24)/t20-,21+/m0/s1. The summed E-state index contributed by atoms with van der Waals surface area (Å²) < 4.78 is 5.61. The topological polar surface area (TPSA) is 49.8 Å². The van der Waals surface area contributed by atoms with Crippen molar-refractivity contribution in [1.29, 1.82) is 0 Å². The smallest absolute Gasteiger partial charge is 0.304 e. The molecule has 1 aliphatic rings. The highest BCUT2D eigenvalue weighted by atomic mass is 16.6. The van der Waals surface area contributed by atoms with Crippen molar-refractivity contribution in [3.05, 3.63) is 48.6 Å². The van der Waals surface area contributed by atoms with Crippen LogP contribution in [0.2, 0.25) is 0 Å². The molecule has 0 aromatic carbocycles. The van der Waals surface area contributed by atoms with Crippen LogP contribution in [0.4, 0.5) is 0 Å². The summed E-state index contributed by atoms with van der Waals surface area (Å²) >= 11 is 0. The zero-order chi connectivity index (χ0) is 18.2. The third kappa shape index (κ3) is 13.0. The molecule has 3 nitrogen and oxygen atoms in total. The summed E-state index contributed by atoms with van der Waals surface area (Å²) in [5.74, 6) is 5.00. The molecule has 0 amide bonds. The van der Waals surface area contributed by atoms with Gasteiger partial charge in [0.2, 0.25) is 0 Å². The highest BCUT2D eigenvalue weighted by molar-refractivity contribution is 5.66. The summed E-state index contributed by atoms with van der Waals surface area (Å²) in [7, 11) is 0. The predicted molar refractivity (Wildman–Crippen MR) is 103 cm³/mol. The minimum Gasteiger partial charge on any atom is -0.481 e. The molecule has 1 fully saturated rings. The van der Waals surface area contributed by atoms with Gasteiger partial charge in [-0.2, -0.15) is 0 Å². The van der Waals surface area contributed by atoms with E-state index in [2.05, 4.69) is 61.3 Å². The first kappa shape index (κ1) is 21.0. The van der Waals surface area contributed by atoms with Crippen LogP contribution in [0, 0.1) is 11.8 Å². The Labute approximate surface area is 152 Å². The van der Waals surface area contributed by atoms with E-state index in [1.54, 1.807) is 0 Å². The molecule has 0 bridgehead atoms. The molecule has 1 saturated heterocycles. The highest BCUT2D eigenvalue weighted by Crippen LogP contribution is 2.28. The van der Waals surface area contributed by atoms with Gasteiger partial charge >= 0.3 is 5.97 Å². The van der Waals surface area contributed by atoms with Crippen LogP contribution in [0.15, 0.2) is 48.6 Å².